The SMILES string of the molecule is CC1C=CC2=CCCN=C2C=C1. The van der Waals surface area contributed by atoms with Crippen molar-refractivity contribution in [1.82, 2.24) is 0 Å². The highest BCUT2D eigenvalue weighted by Crippen LogP contribution is 2.16. The molecule has 0 saturated carbocycles. The van der Waals surface area contributed by atoms with Crippen LogP contribution < -0.4 is 0 Å². The summed E-state index contributed by atoms with van der Waals surface area (Å²) in [5.74, 6) is 0.541. The number of fused-ring (bicyclic) bond motifs is 1. The summed E-state index contributed by atoms with van der Waals surface area (Å²) < 4.78 is 0. The molecule has 0 aromatic heterocycles. The molecule has 0 aromatic carbocycles. The quantitative estimate of drug-likeness (QED) is 0.515. The van der Waals surface area contributed by atoms with E-state index in [4.69, 9.17) is 0 Å². The van der Waals surface area contributed by atoms with E-state index in [-0.39, 0.29) is 0 Å². The number of dihydropyridines is 1. The molecule has 0 N–H and O–H groups in total. The molecule has 62 valence electrons. The van der Waals surface area contributed by atoms with Gasteiger partial charge in [0, 0.05) is 6.54 Å². The molecular weight excluding hydrogens is 146 g/mol. The van der Waals surface area contributed by atoms with E-state index in [1.54, 1.807) is 0 Å². The minimum Gasteiger partial charge on any atom is -0.284 e. The van der Waals surface area contributed by atoms with Crippen LogP contribution in [0, 0.1) is 5.92 Å². The minimum absolute atomic E-state index is 0.541. The van der Waals surface area contributed by atoms with E-state index < -0.39 is 0 Å². The molecule has 1 atom stereocenters. The zero-order chi connectivity index (χ0) is 8.39. The van der Waals surface area contributed by atoms with E-state index in [2.05, 4.69) is 42.3 Å². The molecule has 1 heterocycles. The first-order valence-electron chi connectivity index (χ1n) is 4.47. The van der Waals surface area contributed by atoms with Gasteiger partial charge in [-0.05, 0) is 24.0 Å². The maximum atomic E-state index is 4.46. The standard InChI is InChI=1S/C11H13N/c1-9-4-6-10-3-2-8-12-11(10)7-5-9/h3-7,9H,2,8H2,1H3. The zero-order valence-electron chi connectivity index (χ0n) is 7.33. The van der Waals surface area contributed by atoms with Crippen molar-refractivity contribution in [2.75, 3.05) is 6.54 Å². The Bertz CT molecular complexity index is 262. The highest BCUT2D eigenvalue weighted by Gasteiger charge is 2.07. The molecule has 1 nitrogen and oxygen atoms in total. The molecule has 1 aliphatic heterocycles. The van der Waals surface area contributed by atoms with Crippen LogP contribution in [0.5, 0.6) is 0 Å². The van der Waals surface area contributed by atoms with Crippen LogP contribution in [0.2, 0.25) is 0 Å². The van der Waals surface area contributed by atoms with Gasteiger partial charge < -0.3 is 0 Å². The topological polar surface area (TPSA) is 12.4 Å². The molecule has 0 fully saturated rings. The molecule has 0 spiro atoms. The van der Waals surface area contributed by atoms with Crippen LogP contribution in [0.1, 0.15) is 13.3 Å². The van der Waals surface area contributed by atoms with Gasteiger partial charge in [0.2, 0.25) is 0 Å². The van der Waals surface area contributed by atoms with Crippen molar-refractivity contribution in [3.05, 3.63) is 36.0 Å². The van der Waals surface area contributed by atoms with E-state index >= 15 is 0 Å². The molecule has 1 aliphatic carbocycles. The van der Waals surface area contributed by atoms with E-state index in [0.29, 0.717) is 5.92 Å². The van der Waals surface area contributed by atoms with Gasteiger partial charge in [0.25, 0.3) is 0 Å². The first kappa shape index (κ1) is 7.53. The number of allylic oxidation sites excluding steroid dienone is 5. The van der Waals surface area contributed by atoms with Crippen molar-refractivity contribution in [2.24, 2.45) is 10.9 Å². The lowest BCUT2D eigenvalue weighted by atomic mass is 10.1. The third-order valence-electron chi connectivity index (χ3n) is 2.21. The van der Waals surface area contributed by atoms with Crippen molar-refractivity contribution < 1.29 is 0 Å². The van der Waals surface area contributed by atoms with Gasteiger partial charge in [-0.15, -0.1) is 0 Å². The van der Waals surface area contributed by atoms with Gasteiger partial charge in [-0.25, -0.2) is 0 Å². The van der Waals surface area contributed by atoms with Crippen LogP contribution in [-0.2, 0) is 0 Å². The fourth-order valence-corrected chi connectivity index (χ4v) is 1.47. The second-order valence-corrected chi connectivity index (χ2v) is 3.29. The largest absolute Gasteiger partial charge is 0.284 e. The molecule has 0 amide bonds. The van der Waals surface area contributed by atoms with Crippen LogP contribution >= 0.6 is 0 Å². The van der Waals surface area contributed by atoms with Crippen molar-refractivity contribution in [1.29, 1.82) is 0 Å². The second-order valence-electron chi connectivity index (χ2n) is 3.29. The average Bonchev–Trinajstić information content (AvgIpc) is 2.29. The Morgan fingerprint density at radius 3 is 3.08 bits per heavy atom. The first-order chi connectivity index (χ1) is 5.86. The molecular formula is C11H13N. The van der Waals surface area contributed by atoms with Gasteiger partial charge in [-0.1, -0.05) is 31.2 Å². The van der Waals surface area contributed by atoms with Crippen molar-refractivity contribution in [2.45, 2.75) is 13.3 Å². The van der Waals surface area contributed by atoms with E-state index in [1.165, 1.54) is 5.57 Å². The second kappa shape index (κ2) is 3.10. The number of hydrogen-bond acceptors (Lipinski definition) is 1. The fraction of sp³-hybridized carbons (Fsp3) is 0.364. The van der Waals surface area contributed by atoms with Gasteiger partial charge >= 0.3 is 0 Å². The lowest BCUT2D eigenvalue weighted by Crippen LogP contribution is -2.02. The summed E-state index contributed by atoms with van der Waals surface area (Å²) in [6.07, 6.45) is 12.1. The summed E-state index contributed by atoms with van der Waals surface area (Å²) in [4.78, 5) is 4.46. The lowest BCUT2D eigenvalue weighted by Gasteiger charge is -2.06. The van der Waals surface area contributed by atoms with Crippen LogP contribution in [0.15, 0.2) is 40.9 Å². The van der Waals surface area contributed by atoms with Crippen LogP contribution in [0.4, 0.5) is 0 Å². The molecule has 0 radical (unpaired) electrons. The van der Waals surface area contributed by atoms with Gasteiger partial charge in [0.15, 0.2) is 0 Å². The van der Waals surface area contributed by atoms with Gasteiger partial charge in [-0.3, -0.25) is 4.99 Å². The molecule has 2 rings (SSSR count). The Labute approximate surface area is 73.2 Å². The Kier molecular flexibility index (Phi) is 1.94. The normalized spacial score (nSPS) is 27.2. The maximum Gasteiger partial charge on any atom is 0.0640 e. The average molecular weight is 159 g/mol. The summed E-state index contributed by atoms with van der Waals surface area (Å²) in [6, 6.07) is 0. The Hall–Kier alpha value is -1.11. The molecule has 1 heteroatoms. The zero-order valence-corrected chi connectivity index (χ0v) is 7.33. The summed E-state index contributed by atoms with van der Waals surface area (Å²) in [7, 11) is 0. The smallest absolute Gasteiger partial charge is 0.0640 e. The van der Waals surface area contributed by atoms with Crippen molar-refractivity contribution >= 4 is 5.71 Å². The number of nitrogens with zero attached hydrogens (tertiary/aromatic N) is 1. The summed E-state index contributed by atoms with van der Waals surface area (Å²) in [5, 5.41) is 0. The lowest BCUT2D eigenvalue weighted by molar-refractivity contribution is 0.943. The van der Waals surface area contributed by atoms with E-state index in [9.17, 15) is 0 Å². The highest BCUT2D eigenvalue weighted by atomic mass is 14.7. The number of rotatable bonds is 0. The highest BCUT2D eigenvalue weighted by molar-refractivity contribution is 6.11. The number of hydrogen-bond donors (Lipinski definition) is 0. The third kappa shape index (κ3) is 1.40. The molecule has 12 heavy (non-hydrogen) atoms. The van der Waals surface area contributed by atoms with E-state index in [1.807, 2.05) is 0 Å². The van der Waals surface area contributed by atoms with Crippen molar-refractivity contribution in [3.63, 3.8) is 0 Å². The Morgan fingerprint density at radius 1 is 1.33 bits per heavy atom. The number of aliphatic imine (C=N–C) groups is 1. The Morgan fingerprint density at radius 2 is 2.17 bits per heavy atom. The predicted molar refractivity (Wildman–Crippen MR) is 52.4 cm³/mol. The molecule has 2 aliphatic rings. The minimum atomic E-state index is 0.541. The summed E-state index contributed by atoms with van der Waals surface area (Å²) >= 11 is 0. The predicted octanol–water partition coefficient (Wildman–Crippen LogP) is 2.52. The molecule has 0 bridgehead atoms. The van der Waals surface area contributed by atoms with Gasteiger partial charge in [0.05, 0.1) is 5.71 Å². The first-order valence-corrected chi connectivity index (χ1v) is 4.47. The van der Waals surface area contributed by atoms with Crippen LogP contribution in [0.25, 0.3) is 0 Å². The van der Waals surface area contributed by atoms with Gasteiger partial charge in [0.1, 0.15) is 0 Å². The van der Waals surface area contributed by atoms with E-state index in [0.717, 1.165) is 18.7 Å². The van der Waals surface area contributed by atoms with Crippen LogP contribution in [-0.4, -0.2) is 12.3 Å². The summed E-state index contributed by atoms with van der Waals surface area (Å²) in [5.41, 5.74) is 2.45. The Balaban J connectivity index is 2.37. The van der Waals surface area contributed by atoms with Crippen molar-refractivity contribution in [3.8, 4) is 0 Å². The molecule has 0 saturated heterocycles. The molecule has 1 unspecified atom stereocenters. The maximum absolute atomic E-state index is 4.46. The molecule has 0 aromatic rings. The van der Waals surface area contributed by atoms with Gasteiger partial charge in [-0.2, -0.15) is 0 Å². The van der Waals surface area contributed by atoms with Crippen LogP contribution in [0.3, 0.4) is 0 Å². The fourth-order valence-electron chi connectivity index (χ4n) is 1.47. The monoisotopic (exact) mass is 159 g/mol. The third-order valence-corrected chi connectivity index (χ3v) is 2.21. The summed E-state index contributed by atoms with van der Waals surface area (Å²) in [6.45, 7) is 3.14.